The van der Waals surface area contributed by atoms with Crippen LogP contribution in [-0.2, 0) is 16.7 Å². The molecule has 0 amide bonds. The van der Waals surface area contributed by atoms with Crippen LogP contribution in [0, 0.1) is 0 Å². The number of thiazole rings is 1. The molecule has 0 saturated heterocycles. The summed E-state index contributed by atoms with van der Waals surface area (Å²) in [7, 11) is -4.35. The normalized spacial score (nSPS) is 14.2. The summed E-state index contributed by atoms with van der Waals surface area (Å²) in [6, 6.07) is 33.8. The number of anilines is 1. The van der Waals surface area contributed by atoms with Gasteiger partial charge in [-0.3, -0.25) is 0 Å². The van der Waals surface area contributed by atoms with Crippen LogP contribution in [0.3, 0.4) is 0 Å². The van der Waals surface area contributed by atoms with E-state index in [2.05, 4.69) is 101 Å². The molecular formula is C38H33N3O4S2. The molecule has 2 aromatic heterocycles. The first kappa shape index (κ1) is 29.7. The second-order valence-corrected chi connectivity index (χ2v) is 14.6. The fourth-order valence-corrected chi connectivity index (χ4v) is 8.27. The second-order valence-electron chi connectivity index (χ2n) is 12.0. The molecule has 0 radical (unpaired) electrons. The van der Waals surface area contributed by atoms with Crippen molar-refractivity contribution in [2.75, 3.05) is 17.2 Å². The summed E-state index contributed by atoms with van der Waals surface area (Å²) in [5, 5.41) is 7.04. The van der Waals surface area contributed by atoms with Crippen LogP contribution >= 0.6 is 11.3 Å². The lowest BCUT2D eigenvalue weighted by atomic mass is 10.0. The SMILES string of the molecule is CCCC[n+]1c(/C=C2\Oc3ccc(-n4ccc5ccccc54)cc3N2CCCS(=O)(=O)[O-])sc2ccc3cc4ccccc4cc3c21. The summed E-state index contributed by atoms with van der Waals surface area (Å²) < 4.78 is 46.9. The first-order chi connectivity index (χ1) is 22.9. The van der Waals surface area contributed by atoms with E-state index in [0.29, 0.717) is 18.2 Å². The van der Waals surface area contributed by atoms with E-state index >= 15 is 0 Å². The van der Waals surface area contributed by atoms with Crippen LogP contribution in [0.1, 0.15) is 31.2 Å². The molecule has 0 bridgehead atoms. The van der Waals surface area contributed by atoms with Gasteiger partial charge in [0.05, 0.1) is 32.8 Å². The second kappa shape index (κ2) is 11.8. The zero-order valence-electron chi connectivity index (χ0n) is 25.9. The van der Waals surface area contributed by atoms with Crippen molar-refractivity contribution in [2.45, 2.75) is 32.7 Å². The minimum Gasteiger partial charge on any atom is -0.748 e. The van der Waals surface area contributed by atoms with Crippen molar-refractivity contribution < 1.29 is 22.3 Å². The van der Waals surface area contributed by atoms with E-state index in [4.69, 9.17) is 4.74 Å². The molecule has 1 aliphatic heterocycles. The van der Waals surface area contributed by atoms with E-state index in [-0.39, 0.29) is 6.42 Å². The Kier molecular flexibility index (Phi) is 7.47. The lowest BCUT2D eigenvalue weighted by Crippen LogP contribution is -2.35. The highest BCUT2D eigenvalue weighted by atomic mass is 32.2. The molecule has 8 rings (SSSR count). The zero-order valence-corrected chi connectivity index (χ0v) is 27.6. The third-order valence-corrected chi connectivity index (χ3v) is 10.8. The molecular weight excluding hydrogens is 627 g/mol. The maximum absolute atomic E-state index is 11.6. The number of para-hydroxylation sites is 1. The van der Waals surface area contributed by atoms with E-state index in [1.54, 1.807) is 11.3 Å². The molecule has 47 heavy (non-hydrogen) atoms. The van der Waals surface area contributed by atoms with Gasteiger partial charge in [-0.25, -0.2) is 8.42 Å². The van der Waals surface area contributed by atoms with Gasteiger partial charge in [0.2, 0.25) is 11.4 Å². The largest absolute Gasteiger partial charge is 0.748 e. The summed E-state index contributed by atoms with van der Waals surface area (Å²) in [5.41, 5.74) is 4.11. The smallest absolute Gasteiger partial charge is 0.268 e. The van der Waals surface area contributed by atoms with Crippen molar-refractivity contribution in [2.24, 2.45) is 0 Å². The van der Waals surface area contributed by atoms with Crippen LogP contribution in [0.5, 0.6) is 5.75 Å². The van der Waals surface area contributed by atoms with Gasteiger partial charge in [-0.15, -0.1) is 0 Å². The average molecular weight is 660 g/mol. The fraction of sp³-hybridized carbons (Fsp3) is 0.184. The summed E-state index contributed by atoms with van der Waals surface area (Å²) >= 11 is 1.72. The van der Waals surface area contributed by atoms with Gasteiger partial charge in [-0.05, 0) is 76.5 Å². The monoisotopic (exact) mass is 659 g/mol. The molecule has 7 nitrogen and oxygen atoms in total. The van der Waals surface area contributed by atoms with Crippen molar-refractivity contribution >= 4 is 75.9 Å². The first-order valence-electron chi connectivity index (χ1n) is 16.0. The van der Waals surface area contributed by atoms with E-state index in [1.807, 2.05) is 29.2 Å². The number of rotatable bonds is 9. The maximum atomic E-state index is 11.6. The summed E-state index contributed by atoms with van der Waals surface area (Å²) in [5.74, 6) is 0.872. The summed E-state index contributed by atoms with van der Waals surface area (Å²) in [6.07, 6.45) is 6.39. The van der Waals surface area contributed by atoms with Crippen LogP contribution in [0.25, 0.3) is 54.4 Å². The molecule has 5 aromatic carbocycles. The van der Waals surface area contributed by atoms with E-state index in [1.165, 1.54) is 31.8 Å². The molecule has 7 aromatic rings. The Morgan fingerprint density at radius 3 is 2.47 bits per heavy atom. The number of hydrogen-bond donors (Lipinski definition) is 0. The van der Waals surface area contributed by atoms with Gasteiger partial charge < -0.3 is 18.8 Å². The van der Waals surface area contributed by atoms with Crippen LogP contribution in [0.2, 0.25) is 0 Å². The highest BCUT2D eigenvalue weighted by molar-refractivity contribution is 7.85. The lowest BCUT2D eigenvalue weighted by molar-refractivity contribution is -0.668. The quantitative estimate of drug-likeness (QED) is 0.0884. The molecule has 1 aliphatic rings. The van der Waals surface area contributed by atoms with Gasteiger partial charge in [-0.1, -0.05) is 73.2 Å². The number of fused-ring (bicyclic) bond motifs is 6. The van der Waals surface area contributed by atoms with Gasteiger partial charge in [0.15, 0.2) is 12.3 Å². The summed E-state index contributed by atoms with van der Waals surface area (Å²) in [4.78, 5) is 2.01. The Balaban J connectivity index is 1.26. The standard InChI is InChI=1S/C38H33N3O4S2/c1-2-3-18-41-37(46-35-16-13-29-22-27-10-4-5-11-28(27)23-31(29)38(35)41)25-36-40(19-8-21-47(42,43)44)33-24-30(14-15-34(33)45-36)39-20-17-26-9-6-7-12-32(26)39/h4-7,9-17,20,22-25H,2-3,8,18-19,21H2,1H3. The molecule has 0 atom stereocenters. The number of aromatic nitrogens is 2. The Bertz CT molecular complexity index is 2460. The minimum atomic E-state index is -4.35. The first-order valence-corrected chi connectivity index (χ1v) is 18.3. The van der Waals surface area contributed by atoms with E-state index < -0.39 is 15.9 Å². The minimum absolute atomic E-state index is 0.183. The molecule has 0 aliphatic carbocycles. The number of nitrogens with zero attached hydrogens (tertiary/aromatic N) is 3. The van der Waals surface area contributed by atoms with Crippen LogP contribution < -0.4 is 14.2 Å². The van der Waals surface area contributed by atoms with Gasteiger partial charge in [0.25, 0.3) is 5.01 Å². The lowest BCUT2D eigenvalue weighted by Gasteiger charge is -2.19. The predicted molar refractivity (Wildman–Crippen MR) is 190 cm³/mol. The fourth-order valence-electron chi connectivity index (χ4n) is 6.65. The van der Waals surface area contributed by atoms with Crippen LogP contribution in [-0.4, -0.2) is 29.8 Å². The topological polar surface area (TPSA) is 78.5 Å². The Labute approximate surface area is 277 Å². The van der Waals surface area contributed by atoms with Crippen LogP contribution in [0.4, 0.5) is 5.69 Å². The molecule has 0 fully saturated rings. The Morgan fingerprint density at radius 2 is 1.66 bits per heavy atom. The van der Waals surface area contributed by atoms with Gasteiger partial charge in [0, 0.05) is 30.6 Å². The number of hydrogen-bond acceptors (Lipinski definition) is 6. The molecule has 236 valence electrons. The molecule has 0 unspecified atom stereocenters. The maximum Gasteiger partial charge on any atom is 0.268 e. The van der Waals surface area contributed by atoms with Crippen LogP contribution in [0.15, 0.2) is 109 Å². The molecule has 0 N–H and O–H groups in total. The van der Waals surface area contributed by atoms with Gasteiger partial charge in [0.1, 0.15) is 4.70 Å². The van der Waals surface area contributed by atoms with E-state index in [0.717, 1.165) is 46.7 Å². The third kappa shape index (κ3) is 5.54. The van der Waals surface area contributed by atoms with Crippen molar-refractivity contribution in [1.82, 2.24) is 4.57 Å². The summed E-state index contributed by atoms with van der Waals surface area (Å²) in [6.45, 7) is 3.38. The van der Waals surface area contributed by atoms with Crippen molar-refractivity contribution in [1.29, 1.82) is 0 Å². The van der Waals surface area contributed by atoms with Crippen molar-refractivity contribution in [3.63, 3.8) is 0 Å². The van der Waals surface area contributed by atoms with Gasteiger partial charge in [-0.2, -0.15) is 4.57 Å². The average Bonchev–Trinajstić information content (AvgIpc) is 3.75. The molecule has 9 heteroatoms. The predicted octanol–water partition coefficient (Wildman–Crippen LogP) is 8.37. The zero-order chi connectivity index (χ0) is 32.1. The Hall–Kier alpha value is -4.70. The van der Waals surface area contributed by atoms with Gasteiger partial charge >= 0.3 is 0 Å². The number of unbranched alkanes of at least 4 members (excludes halogenated alkanes) is 1. The molecule has 3 heterocycles. The Morgan fingerprint density at radius 1 is 0.872 bits per heavy atom. The third-order valence-electron chi connectivity index (χ3n) is 8.92. The highest BCUT2D eigenvalue weighted by Gasteiger charge is 2.30. The number of aryl methyl sites for hydroxylation is 1. The van der Waals surface area contributed by atoms with Crippen molar-refractivity contribution in [3.8, 4) is 11.4 Å². The highest BCUT2D eigenvalue weighted by Crippen LogP contribution is 2.42. The van der Waals surface area contributed by atoms with E-state index in [9.17, 15) is 13.0 Å². The number of ether oxygens (including phenoxy) is 1. The molecule has 0 spiro atoms. The number of benzene rings is 5. The van der Waals surface area contributed by atoms with Crippen molar-refractivity contribution in [3.05, 3.63) is 114 Å². The molecule has 0 saturated carbocycles.